The van der Waals surface area contributed by atoms with E-state index in [1.807, 2.05) is 0 Å². The lowest BCUT2D eigenvalue weighted by atomic mass is 9.93. The molecule has 1 aromatic heterocycles. The number of carbonyl (C=O) groups excluding carboxylic acids is 12. The summed E-state index contributed by atoms with van der Waals surface area (Å²) in [5, 5.41) is 51.5. The van der Waals surface area contributed by atoms with Crippen molar-refractivity contribution < 1.29 is 101 Å². The summed E-state index contributed by atoms with van der Waals surface area (Å²) in [6.45, 7) is 1.99. The van der Waals surface area contributed by atoms with Gasteiger partial charge in [-0.25, -0.2) is 0 Å². The van der Waals surface area contributed by atoms with Crippen molar-refractivity contribution in [2.24, 2.45) is 17.6 Å². The predicted octanol–water partition coefficient (Wildman–Crippen LogP) is -3.91. The Labute approximate surface area is 573 Å². The van der Waals surface area contributed by atoms with Gasteiger partial charge in [-0.1, -0.05) is 27.2 Å². The van der Waals surface area contributed by atoms with Gasteiger partial charge in [0.25, 0.3) is 0 Å². The molecule has 9 rings (SSSR count). The molecule has 12 amide bonds. The van der Waals surface area contributed by atoms with Gasteiger partial charge in [0.05, 0.1) is 104 Å². The van der Waals surface area contributed by atoms with Gasteiger partial charge in [0, 0.05) is 103 Å². The van der Waals surface area contributed by atoms with E-state index in [4.69, 9.17) is 29.4 Å². The number of piperidine rings is 1. The molecule has 2 unspecified atom stereocenters. The molecule has 12 atom stereocenters. The summed E-state index contributed by atoms with van der Waals surface area (Å²) in [6.07, 6.45) is -4.80. The first-order chi connectivity index (χ1) is 46.8. The molecule has 8 heterocycles. The lowest BCUT2D eigenvalue weighted by molar-refractivity contribution is -0.153. The number of hydrogen-bond donors (Lipinski definition) is 12. The van der Waals surface area contributed by atoms with E-state index in [1.165, 1.54) is 14.0 Å². The van der Waals surface area contributed by atoms with Crippen LogP contribution in [0, 0.1) is 11.8 Å². The molecule has 35 heteroatoms. The van der Waals surface area contributed by atoms with Gasteiger partial charge < -0.3 is 101 Å². The van der Waals surface area contributed by atoms with Crippen LogP contribution in [0.15, 0.2) is 17.2 Å². The number of likely N-dealkylation sites (tertiary alicyclic amines) is 1. The van der Waals surface area contributed by atoms with Crippen molar-refractivity contribution >= 4 is 105 Å². The van der Waals surface area contributed by atoms with Crippen molar-refractivity contribution in [3.63, 3.8) is 0 Å². The number of thioether (sulfide) groups is 1. The maximum absolute atomic E-state index is 16.2. The number of aromatic nitrogens is 1. The fourth-order valence-electron chi connectivity index (χ4n) is 12.7. The molecule has 0 aliphatic carbocycles. The van der Waals surface area contributed by atoms with Crippen molar-refractivity contribution in [1.82, 2.24) is 56.9 Å². The van der Waals surface area contributed by atoms with E-state index >= 15 is 18.9 Å². The molecule has 7 aliphatic heterocycles. The molecule has 9 bridgehead atoms. The van der Waals surface area contributed by atoms with E-state index in [0.717, 1.165) is 9.80 Å². The van der Waals surface area contributed by atoms with Gasteiger partial charge in [0.15, 0.2) is 11.8 Å². The first kappa shape index (κ1) is 76.5. The maximum Gasteiger partial charge on any atom is 0.248 e. The quantitative estimate of drug-likeness (QED) is 0.0434. The Balaban J connectivity index is 1.35. The first-order valence-electron chi connectivity index (χ1n) is 33.2. The van der Waals surface area contributed by atoms with Gasteiger partial charge in [-0.2, -0.15) is 11.8 Å². The third kappa shape index (κ3) is 19.8. The Morgan fingerprint density at radius 3 is 2.24 bits per heavy atom. The number of aliphatic hydroxyl groups is 3. The van der Waals surface area contributed by atoms with Gasteiger partial charge in [0.2, 0.25) is 75.9 Å². The minimum absolute atomic E-state index is 0.00148. The highest BCUT2D eigenvalue weighted by molar-refractivity contribution is 7.99. The molecule has 98 heavy (non-hydrogen) atoms. The highest BCUT2D eigenvalue weighted by atomic mass is 32.2. The molecule has 33 nitrogen and oxygen atoms in total. The molecule has 542 valence electrons. The Kier molecular flexibility index (Phi) is 27.9. The molecule has 3 saturated heterocycles. The Bertz CT molecular complexity index is 3230. The van der Waals surface area contributed by atoms with Gasteiger partial charge >= 0.3 is 0 Å². The van der Waals surface area contributed by atoms with E-state index in [0.29, 0.717) is 48.1 Å². The predicted molar refractivity (Wildman–Crippen MR) is 349 cm³/mol. The third-order valence-electron chi connectivity index (χ3n) is 18.6. The molecule has 0 spiro atoms. The molecule has 3 fully saturated rings. The molecule has 0 saturated carbocycles. The number of imide groups is 1. The van der Waals surface area contributed by atoms with Gasteiger partial charge in [-0.15, -0.1) is 0 Å². The van der Waals surface area contributed by atoms with Crippen LogP contribution in [0.5, 0.6) is 5.75 Å². The fourth-order valence-corrected chi connectivity index (χ4v) is 15.3. The van der Waals surface area contributed by atoms with Crippen molar-refractivity contribution in [3.8, 4) is 5.75 Å². The van der Waals surface area contributed by atoms with E-state index in [2.05, 4.69) is 42.2 Å². The lowest BCUT2D eigenvalue weighted by Crippen LogP contribution is -2.63. The van der Waals surface area contributed by atoms with Crippen LogP contribution >= 0.6 is 11.8 Å². The molecule has 13 N–H and O–H groups in total. The number of benzene rings is 1. The van der Waals surface area contributed by atoms with E-state index in [-0.39, 0.29) is 111 Å². The van der Waals surface area contributed by atoms with Crippen LogP contribution in [0.1, 0.15) is 103 Å². The van der Waals surface area contributed by atoms with E-state index in [9.17, 15) is 58.5 Å². The second-order valence-electron chi connectivity index (χ2n) is 25.4. The topological polar surface area (TPSA) is 470 Å². The average molecular weight is 1420 g/mol. The number of fused-ring (bicyclic) bond motifs is 14. The highest BCUT2D eigenvalue weighted by Gasteiger charge is 2.47. The van der Waals surface area contributed by atoms with Crippen molar-refractivity contribution in [2.75, 3.05) is 98.4 Å². The number of methoxy groups -OCH3 is 1. The Morgan fingerprint density at radius 1 is 0.827 bits per heavy atom. The number of nitrogens with two attached hydrogens (primary N) is 1. The van der Waals surface area contributed by atoms with Crippen LogP contribution in [0.3, 0.4) is 0 Å². The van der Waals surface area contributed by atoms with Crippen LogP contribution in [-0.4, -0.2) is 268 Å². The van der Waals surface area contributed by atoms with Gasteiger partial charge in [-0.3, -0.25) is 62.4 Å². The van der Waals surface area contributed by atoms with Crippen LogP contribution in [0.25, 0.3) is 10.9 Å². The summed E-state index contributed by atoms with van der Waals surface area (Å²) < 4.78 is 46.1. The summed E-state index contributed by atoms with van der Waals surface area (Å²) in [7, 11) is 1.44. The molecular weight excluding hydrogens is 1320 g/mol. The summed E-state index contributed by atoms with van der Waals surface area (Å²) in [5.74, 6) is -12.5. The zero-order valence-electron chi connectivity index (χ0n) is 55.5. The summed E-state index contributed by atoms with van der Waals surface area (Å²) in [4.78, 5) is 178. The number of nitrogens with zero attached hydrogens (tertiary/aromatic N) is 3. The molecule has 2 aromatic rings. The number of primary amides is 1. The smallest absolute Gasteiger partial charge is 0.248 e. The average Bonchev–Trinajstić information content (AvgIpc) is 1.60. The molecular formula is C63H92N12O21S2. The highest BCUT2D eigenvalue weighted by Crippen LogP contribution is 2.39. The number of amides is 12. The second kappa shape index (κ2) is 35.7. The normalized spacial score (nSPS) is 28.6. The number of carbonyl (C=O) groups is 12. The SMILES string of the molecule is CC[C@H](C)[C@@H]1NC(=O)CC2(OCCOCCN3C(=O)CCC3=O)CCOCCOCCC(=O)N3CCC(CC3)SCc3c(OC)ccc4c5c([nH]c34)[S+]([O-])C[C@H](NC(=O)CNC1=O)C(=O)N[C@@H](CCC(N)=O)C(=O)N1C[C@H](O)C[C@H]1C(=O)N[C@@H]([C@@H](C)[C@@H](O)CO)C(=O)N[C@@H](C5)C(=O)N2. The van der Waals surface area contributed by atoms with Crippen LogP contribution in [0.2, 0.25) is 0 Å². The monoisotopic (exact) mass is 1420 g/mol. The Hall–Kier alpha value is -7.22. The van der Waals surface area contributed by atoms with Crippen molar-refractivity contribution in [3.05, 3.63) is 23.3 Å². The first-order valence-corrected chi connectivity index (χ1v) is 35.5. The minimum atomic E-state index is -2.52. The molecule has 0 radical (unpaired) electrons. The number of rotatable bonds is 16. The van der Waals surface area contributed by atoms with Crippen LogP contribution in [-0.2, 0) is 99.8 Å². The van der Waals surface area contributed by atoms with Gasteiger partial charge in [0.1, 0.15) is 41.7 Å². The van der Waals surface area contributed by atoms with E-state index in [1.54, 1.807) is 42.6 Å². The van der Waals surface area contributed by atoms with Crippen molar-refractivity contribution in [1.29, 1.82) is 0 Å². The lowest BCUT2D eigenvalue weighted by Gasteiger charge is -2.37. The van der Waals surface area contributed by atoms with E-state index < -0.39 is 201 Å². The third-order valence-corrected chi connectivity index (χ3v) is 21.5. The Morgan fingerprint density at radius 2 is 1.55 bits per heavy atom. The van der Waals surface area contributed by atoms with Crippen LogP contribution in [0.4, 0.5) is 0 Å². The summed E-state index contributed by atoms with van der Waals surface area (Å²) in [5.41, 5.74) is 4.25. The largest absolute Gasteiger partial charge is 0.610 e. The number of hydrogen-bond acceptors (Lipinski definition) is 22. The van der Waals surface area contributed by atoms with Crippen LogP contribution < -0.4 is 47.7 Å². The number of aromatic amines is 1. The molecule has 7 aliphatic rings. The number of nitrogens with one attached hydrogen (secondary N) is 8. The summed E-state index contributed by atoms with van der Waals surface area (Å²) in [6, 6.07) is -7.23. The minimum Gasteiger partial charge on any atom is -0.610 e. The van der Waals surface area contributed by atoms with Gasteiger partial charge in [-0.05, 0) is 37.3 Å². The second-order valence-corrected chi connectivity index (χ2v) is 28.1. The summed E-state index contributed by atoms with van der Waals surface area (Å²) >= 11 is -0.963. The van der Waals surface area contributed by atoms with Crippen molar-refractivity contribution in [2.45, 2.75) is 168 Å². The fraction of sp³-hybridized carbons (Fsp3) is 0.683. The number of H-pyrrole nitrogens is 1. The molecule has 1 aromatic carbocycles. The number of aliphatic hydroxyl groups excluding tert-OH is 3. The maximum atomic E-state index is 16.2. The number of ether oxygens (including phenoxy) is 5. The zero-order chi connectivity index (χ0) is 71.0. The standard InChI is InChI=1S/C63H92N12O21S2/c1-5-34(2)53-59(88)65-29-49(81)66-43-33-98(91)61-39-27-42(68-60(89)54(35(3)45(78)31-76)70-58(87)44-26-36(77)30-75(44)62(90)41(67-56(43)85)7-9-47(64)79)57(86)72-63(28-48(80)69-53,96-25-24-95-21-18-74-51(83)10-11-52(74)84)15-20-94-23-22-93-19-14-50(82)73-16-12-37(13-17-73)97-32-40-46(92-4)8-6-38(39)55(40)71-61/h6,8,34-37,41-45,53-54,71,76-78H,5,7,9-33H2,1-4H3,(H2,64,79)(H,65,88)(H,66,81)(H,67,85)(H,68,89)(H,69,80)(H,70,87)(H,72,86)/t34-,35-,36+,41-,42-,43-,44-,45-,53-,54-,63?,98?/m0/s1. The zero-order valence-corrected chi connectivity index (χ0v) is 57.2.